The molecule has 0 bridgehead atoms. The van der Waals surface area contributed by atoms with Crippen molar-refractivity contribution < 1.29 is 59.0 Å². The largest absolute Gasteiger partial charge is 0.508 e. The number of hydrogen-bond acceptors (Lipinski definition) is 15. The Balaban J connectivity index is 0.000000166. The number of aliphatic hydroxyl groups excluding tert-OH is 2. The van der Waals surface area contributed by atoms with Crippen LogP contribution in [0.5, 0.6) is 23.0 Å². The molecule has 336 valence electrons. The van der Waals surface area contributed by atoms with E-state index in [9.17, 15) is 39.6 Å². The van der Waals surface area contributed by atoms with Crippen LogP contribution in [0.2, 0.25) is 0 Å². The van der Waals surface area contributed by atoms with Gasteiger partial charge in [0.05, 0.1) is 23.2 Å². The number of phenols is 2. The van der Waals surface area contributed by atoms with Gasteiger partial charge in [-0.05, 0) is 96.8 Å². The number of aromatic nitrogens is 2. The number of nitrogens with zero attached hydrogens (tertiary/aromatic N) is 4. The number of carboxylic acid groups (broad SMARTS) is 1. The van der Waals surface area contributed by atoms with Crippen LogP contribution in [0, 0.1) is 0 Å². The molecule has 0 radical (unpaired) electrons. The van der Waals surface area contributed by atoms with Crippen LogP contribution in [-0.4, -0.2) is 77.1 Å². The lowest BCUT2D eigenvalue weighted by atomic mass is 9.94. The monoisotopic (exact) mass is 928 g/mol. The summed E-state index contributed by atoms with van der Waals surface area (Å²) in [5, 5.41) is 53.9. The van der Waals surface area contributed by atoms with Gasteiger partial charge in [0.2, 0.25) is 0 Å². The zero-order valence-electron chi connectivity index (χ0n) is 35.3. The number of carbonyl (C=O) groups excluding carboxylic acids is 4. The number of hydrogen-bond donors (Lipinski definition) is 5. The molecule has 18 heteroatoms. The molecule has 0 aliphatic carbocycles. The zero-order valence-corrected chi connectivity index (χ0v) is 36.9. The zero-order chi connectivity index (χ0) is 47.0. The minimum absolute atomic E-state index is 0.00843. The van der Waals surface area contributed by atoms with Crippen molar-refractivity contribution in [2.24, 2.45) is 0 Å². The summed E-state index contributed by atoms with van der Waals surface area (Å²) >= 11 is 2.43. The Morgan fingerprint density at radius 1 is 0.621 bits per heavy atom. The van der Waals surface area contributed by atoms with Crippen molar-refractivity contribution in [3.63, 3.8) is 0 Å². The number of phenolic OH excluding ortho intramolecular Hbond substituents is 2. The lowest BCUT2D eigenvalue weighted by molar-refractivity contribution is -0.134. The minimum atomic E-state index is -0.915. The lowest BCUT2D eigenvalue weighted by Gasteiger charge is -2.23. The number of aliphatic carboxylic acids is 1. The Kier molecular flexibility index (Phi) is 12.4. The number of Topliss-reactive ketones (excluding diaryl/α,β-unsaturated/α-hetero) is 2. The first kappa shape index (κ1) is 44.8. The van der Waals surface area contributed by atoms with E-state index in [2.05, 4.69) is 9.97 Å². The highest BCUT2D eigenvalue weighted by Crippen LogP contribution is 2.46. The number of aromatic hydroxyl groups is 2. The van der Waals surface area contributed by atoms with Crippen LogP contribution in [0.25, 0.3) is 11.5 Å². The number of aliphatic hydroxyl groups is 2. The van der Waals surface area contributed by atoms with Gasteiger partial charge in [-0.25, -0.2) is 9.97 Å². The van der Waals surface area contributed by atoms with Crippen molar-refractivity contribution in [2.45, 2.75) is 57.9 Å². The fourth-order valence-electron chi connectivity index (χ4n) is 8.20. The Morgan fingerprint density at radius 2 is 1.02 bits per heavy atom. The molecule has 4 aromatic carbocycles. The van der Waals surface area contributed by atoms with E-state index in [4.69, 9.17) is 19.4 Å². The number of ketones is 2. The summed E-state index contributed by atoms with van der Waals surface area (Å²) in [5.41, 5.74) is 3.62. The number of carboxylic acids is 1. The van der Waals surface area contributed by atoms with Crippen LogP contribution in [0.1, 0.15) is 66.2 Å². The number of ether oxygens (including phenoxy) is 2. The second kappa shape index (κ2) is 18.3. The molecule has 0 saturated carbocycles. The smallest absolute Gasteiger partial charge is 0.301 e. The van der Waals surface area contributed by atoms with Crippen LogP contribution in [0.4, 0.5) is 10.3 Å². The molecule has 16 nitrogen and oxygen atoms in total. The van der Waals surface area contributed by atoms with E-state index in [0.29, 0.717) is 45.4 Å². The van der Waals surface area contributed by atoms with E-state index in [1.807, 2.05) is 13.8 Å². The van der Waals surface area contributed by atoms with Crippen LogP contribution in [-0.2, 0) is 36.8 Å². The Hall–Kier alpha value is -7.83. The van der Waals surface area contributed by atoms with Gasteiger partial charge < -0.3 is 35.0 Å². The molecular formula is C48H40N4O12S2. The number of amides is 2. The molecule has 6 aromatic rings. The summed E-state index contributed by atoms with van der Waals surface area (Å²) in [6, 6.07) is 21.2. The number of carbonyl (C=O) groups is 5. The quantitative estimate of drug-likeness (QED) is 0.0612. The van der Waals surface area contributed by atoms with E-state index in [1.54, 1.807) is 83.8 Å². The molecule has 4 aliphatic rings. The van der Waals surface area contributed by atoms with Gasteiger partial charge in [-0.1, -0.05) is 24.3 Å². The number of benzene rings is 4. The third kappa shape index (κ3) is 8.70. The third-order valence-electron chi connectivity index (χ3n) is 10.9. The topological polar surface area (TPSA) is 237 Å². The molecule has 2 aromatic heterocycles. The fourth-order valence-corrected chi connectivity index (χ4v) is 9.53. The van der Waals surface area contributed by atoms with Gasteiger partial charge in [0.1, 0.15) is 46.7 Å². The van der Waals surface area contributed by atoms with E-state index < -0.39 is 41.4 Å². The van der Waals surface area contributed by atoms with Gasteiger partial charge in [-0.15, -0.1) is 22.7 Å². The average Bonchev–Trinajstić information content (AvgIpc) is 4.15. The molecule has 0 spiro atoms. The predicted octanol–water partition coefficient (Wildman–Crippen LogP) is 7.69. The van der Waals surface area contributed by atoms with Gasteiger partial charge in [0.15, 0.2) is 10.3 Å². The summed E-state index contributed by atoms with van der Waals surface area (Å²) in [4.78, 5) is 72.0. The van der Waals surface area contributed by atoms with Crippen LogP contribution < -0.4 is 19.3 Å². The van der Waals surface area contributed by atoms with Crippen molar-refractivity contribution in [1.29, 1.82) is 0 Å². The van der Waals surface area contributed by atoms with Gasteiger partial charge >= 0.3 is 11.8 Å². The highest BCUT2D eigenvalue weighted by atomic mass is 32.1. The molecular weight excluding hydrogens is 889 g/mol. The highest BCUT2D eigenvalue weighted by molar-refractivity contribution is 7.14. The third-order valence-corrected chi connectivity index (χ3v) is 12.4. The molecule has 2 saturated heterocycles. The predicted molar refractivity (Wildman–Crippen MR) is 244 cm³/mol. The van der Waals surface area contributed by atoms with Crippen molar-refractivity contribution in [1.82, 2.24) is 9.97 Å². The van der Waals surface area contributed by atoms with Crippen LogP contribution >= 0.6 is 22.7 Å². The molecule has 6 heterocycles. The van der Waals surface area contributed by atoms with Crippen molar-refractivity contribution in [3.05, 3.63) is 153 Å². The molecule has 5 N–H and O–H groups in total. The lowest BCUT2D eigenvalue weighted by Crippen LogP contribution is -2.29. The molecule has 4 unspecified atom stereocenters. The van der Waals surface area contributed by atoms with Crippen molar-refractivity contribution in [3.8, 4) is 23.0 Å². The number of rotatable bonds is 6. The first-order valence-corrected chi connectivity index (χ1v) is 22.2. The summed E-state index contributed by atoms with van der Waals surface area (Å²) < 4.78 is 11.4. The van der Waals surface area contributed by atoms with E-state index in [-0.39, 0.29) is 46.4 Å². The van der Waals surface area contributed by atoms with Crippen LogP contribution in [0.15, 0.2) is 119 Å². The van der Waals surface area contributed by atoms with Gasteiger partial charge in [0.25, 0.3) is 17.5 Å². The molecule has 2 amide bonds. The van der Waals surface area contributed by atoms with Gasteiger partial charge in [-0.2, -0.15) is 0 Å². The second-order valence-corrected chi connectivity index (χ2v) is 17.3. The SMILES string of the molecule is CC(=O)O.CC1Cc2cc(/C(O)=C3\C(=O)C(=O)N(c4nccs4)C3c3cccc(O)c3)ccc2O1.CC1Cc2cc(/C(O)=C3\C(=O)C(=O)N(c4nccs4)C3c3cccc(O)c3)ccc2O1. The van der Waals surface area contributed by atoms with Crippen molar-refractivity contribution in [2.75, 3.05) is 9.80 Å². The normalized spacial score (nSPS) is 21.0. The molecule has 10 rings (SSSR count). The van der Waals surface area contributed by atoms with Gasteiger partial charge in [-0.3, -0.25) is 33.8 Å². The fraction of sp³-hybridized carbons (Fsp3) is 0.188. The molecule has 66 heavy (non-hydrogen) atoms. The Labute approximate surface area is 384 Å². The average molecular weight is 929 g/mol. The molecule has 4 aliphatic heterocycles. The standard InChI is InChI=1S/2C23H18N2O5S.C2H4O2/c2*1-12-9-15-10-14(5-6-17(15)30-12)20(27)18-19(13-3-2-4-16(26)11-13)25(22(29)21(18)28)23-24-7-8-31-23;1-2(3)4/h2*2-8,10-12,19,26-27H,9H2,1H3;1H3,(H,3,4)/b2*20-18+;. The van der Waals surface area contributed by atoms with E-state index in [0.717, 1.165) is 29.5 Å². The second-order valence-electron chi connectivity index (χ2n) is 15.6. The summed E-state index contributed by atoms with van der Waals surface area (Å²) in [6.45, 7) is 5.00. The Morgan fingerprint density at radius 3 is 1.36 bits per heavy atom. The van der Waals surface area contributed by atoms with Crippen LogP contribution in [0.3, 0.4) is 0 Å². The van der Waals surface area contributed by atoms with E-state index >= 15 is 0 Å². The number of thiazole rings is 2. The molecule has 2 fully saturated rings. The maximum atomic E-state index is 13.1. The van der Waals surface area contributed by atoms with E-state index in [1.165, 1.54) is 56.7 Å². The maximum Gasteiger partial charge on any atom is 0.301 e. The first-order chi connectivity index (χ1) is 31.6. The molecule has 4 atom stereocenters. The number of fused-ring (bicyclic) bond motifs is 2. The summed E-state index contributed by atoms with van der Waals surface area (Å²) in [6.07, 6.45) is 4.55. The first-order valence-electron chi connectivity index (χ1n) is 20.4. The number of anilines is 2. The summed E-state index contributed by atoms with van der Waals surface area (Å²) in [5.74, 6) is -3.05. The minimum Gasteiger partial charge on any atom is -0.508 e. The maximum absolute atomic E-state index is 13.1. The van der Waals surface area contributed by atoms with Gasteiger partial charge in [0, 0.05) is 54.0 Å². The summed E-state index contributed by atoms with van der Waals surface area (Å²) in [7, 11) is 0. The highest BCUT2D eigenvalue weighted by Gasteiger charge is 2.49. The Bertz CT molecular complexity index is 2770. The van der Waals surface area contributed by atoms with Crippen molar-refractivity contribution >= 4 is 73.8 Å².